The fourth-order valence-corrected chi connectivity index (χ4v) is 3.69. The van der Waals surface area contributed by atoms with Crippen LogP contribution in [0.3, 0.4) is 0 Å². The van der Waals surface area contributed by atoms with Crippen LogP contribution in [0.5, 0.6) is 0 Å². The molecule has 3 heterocycles. The molecule has 31 heavy (non-hydrogen) atoms. The van der Waals surface area contributed by atoms with Crippen molar-refractivity contribution in [2.75, 3.05) is 26.2 Å². The average Bonchev–Trinajstić information content (AvgIpc) is 2.80. The number of hydrogen-bond donors (Lipinski definition) is 0. The molecule has 1 aliphatic rings. The first-order valence-corrected chi connectivity index (χ1v) is 10.3. The van der Waals surface area contributed by atoms with E-state index >= 15 is 0 Å². The quantitative estimate of drug-likeness (QED) is 0.633. The highest BCUT2D eigenvalue weighted by atomic mass is 19.1. The van der Waals surface area contributed by atoms with E-state index in [0.717, 1.165) is 25.3 Å². The largest absolute Gasteiger partial charge is 0.338 e. The van der Waals surface area contributed by atoms with E-state index in [9.17, 15) is 14.0 Å². The van der Waals surface area contributed by atoms with Crippen LogP contribution in [0, 0.1) is 5.82 Å². The number of benzene rings is 1. The van der Waals surface area contributed by atoms with E-state index in [-0.39, 0.29) is 17.3 Å². The Morgan fingerprint density at radius 1 is 1.03 bits per heavy atom. The zero-order chi connectivity index (χ0) is 21.8. The molecular weight excluding hydrogens is 397 g/mol. The Hall–Kier alpha value is -3.39. The molecule has 1 saturated heterocycles. The van der Waals surface area contributed by atoms with E-state index < -0.39 is 6.04 Å². The molecule has 160 valence electrons. The molecule has 1 aliphatic heterocycles. The van der Waals surface area contributed by atoms with Gasteiger partial charge in [0.1, 0.15) is 11.9 Å². The van der Waals surface area contributed by atoms with Gasteiger partial charge in [-0.2, -0.15) is 5.10 Å². The summed E-state index contributed by atoms with van der Waals surface area (Å²) in [6.45, 7) is 5.09. The molecular formula is C23H24FN5O2. The molecule has 1 unspecified atom stereocenters. The number of piperazine rings is 1. The Bertz CT molecular complexity index is 1090. The van der Waals surface area contributed by atoms with Gasteiger partial charge in [0.15, 0.2) is 0 Å². The topological polar surface area (TPSA) is 71.3 Å². The molecule has 0 bridgehead atoms. The third-order valence-corrected chi connectivity index (χ3v) is 5.48. The molecule has 4 rings (SSSR count). The zero-order valence-corrected chi connectivity index (χ0v) is 17.3. The van der Waals surface area contributed by atoms with E-state index in [1.807, 2.05) is 18.2 Å². The summed E-state index contributed by atoms with van der Waals surface area (Å²) < 4.78 is 14.4. The number of hydrogen-bond acceptors (Lipinski definition) is 5. The number of halogens is 1. The van der Waals surface area contributed by atoms with Gasteiger partial charge >= 0.3 is 0 Å². The van der Waals surface area contributed by atoms with Crippen LogP contribution in [-0.4, -0.2) is 56.7 Å². The number of aromatic nitrogens is 3. The molecule has 1 aromatic carbocycles. The van der Waals surface area contributed by atoms with E-state index in [2.05, 4.69) is 15.0 Å². The second-order valence-electron chi connectivity index (χ2n) is 7.61. The number of nitrogens with zero attached hydrogens (tertiary/aromatic N) is 5. The molecule has 1 atom stereocenters. The molecule has 1 amide bonds. The number of rotatable bonds is 5. The maximum absolute atomic E-state index is 13.2. The first-order valence-electron chi connectivity index (χ1n) is 10.3. The Balaban J connectivity index is 1.43. The lowest BCUT2D eigenvalue weighted by Gasteiger charge is -2.35. The van der Waals surface area contributed by atoms with Gasteiger partial charge in [-0.15, -0.1) is 0 Å². The van der Waals surface area contributed by atoms with Gasteiger partial charge in [0.05, 0.1) is 11.4 Å². The lowest BCUT2D eigenvalue weighted by atomic mass is 10.1. The van der Waals surface area contributed by atoms with Gasteiger partial charge in [-0.25, -0.2) is 9.07 Å². The number of amides is 1. The predicted octanol–water partition coefficient (Wildman–Crippen LogP) is 2.35. The van der Waals surface area contributed by atoms with Crippen LogP contribution in [0.25, 0.3) is 11.3 Å². The Kier molecular flexibility index (Phi) is 6.18. The molecule has 1 fully saturated rings. The molecule has 8 heteroatoms. The van der Waals surface area contributed by atoms with Crippen LogP contribution < -0.4 is 5.56 Å². The molecule has 7 nitrogen and oxygen atoms in total. The van der Waals surface area contributed by atoms with Crippen molar-refractivity contribution in [3.8, 4) is 11.3 Å². The number of carbonyl (C=O) groups is 1. The van der Waals surface area contributed by atoms with Gasteiger partial charge in [-0.05, 0) is 49.4 Å². The summed E-state index contributed by atoms with van der Waals surface area (Å²) in [6, 6.07) is 14.0. The smallest absolute Gasteiger partial charge is 0.267 e. The van der Waals surface area contributed by atoms with Crippen LogP contribution in [0.2, 0.25) is 0 Å². The maximum Gasteiger partial charge on any atom is 0.267 e. The highest BCUT2D eigenvalue weighted by Crippen LogP contribution is 2.18. The molecule has 2 aromatic heterocycles. The van der Waals surface area contributed by atoms with Gasteiger partial charge in [0.2, 0.25) is 5.91 Å². The minimum atomic E-state index is -0.727. The summed E-state index contributed by atoms with van der Waals surface area (Å²) in [4.78, 5) is 33.8. The minimum absolute atomic E-state index is 0.136. The highest BCUT2D eigenvalue weighted by molar-refractivity contribution is 5.80. The summed E-state index contributed by atoms with van der Waals surface area (Å²) in [5, 5.41) is 4.37. The predicted molar refractivity (Wildman–Crippen MR) is 115 cm³/mol. The fourth-order valence-electron chi connectivity index (χ4n) is 3.69. The summed E-state index contributed by atoms with van der Waals surface area (Å²) in [5.41, 5.74) is 1.85. The summed E-state index contributed by atoms with van der Waals surface area (Å²) in [6.07, 6.45) is 1.78. The van der Waals surface area contributed by atoms with Crippen LogP contribution >= 0.6 is 0 Å². The maximum atomic E-state index is 13.2. The molecule has 3 aromatic rings. The van der Waals surface area contributed by atoms with Gasteiger partial charge in [-0.3, -0.25) is 19.5 Å². The first-order chi connectivity index (χ1) is 15.0. The molecule has 0 saturated carbocycles. The monoisotopic (exact) mass is 421 g/mol. The third kappa shape index (κ3) is 4.86. The lowest BCUT2D eigenvalue weighted by Crippen LogP contribution is -2.50. The molecule has 0 radical (unpaired) electrons. The van der Waals surface area contributed by atoms with Gasteiger partial charge < -0.3 is 4.90 Å². The average molecular weight is 421 g/mol. The highest BCUT2D eigenvalue weighted by Gasteiger charge is 2.27. The van der Waals surface area contributed by atoms with Crippen LogP contribution in [0.15, 0.2) is 65.6 Å². The van der Waals surface area contributed by atoms with Crippen molar-refractivity contribution >= 4 is 5.91 Å². The molecule has 0 aliphatic carbocycles. The Morgan fingerprint density at radius 2 is 1.77 bits per heavy atom. The zero-order valence-electron chi connectivity index (χ0n) is 17.3. The van der Waals surface area contributed by atoms with Gasteiger partial charge in [0.25, 0.3) is 5.56 Å². The van der Waals surface area contributed by atoms with E-state index in [4.69, 9.17) is 0 Å². The second-order valence-corrected chi connectivity index (χ2v) is 7.61. The molecule has 0 spiro atoms. The van der Waals surface area contributed by atoms with Crippen molar-refractivity contribution in [3.05, 3.63) is 82.7 Å². The van der Waals surface area contributed by atoms with Crippen molar-refractivity contribution in [1.82, 2.24) is 24.6 Å². The Labute approximate surface area is 179 Å². The summed E-state index contributed by atoms with van der Waals surface area (Å²) >= 11 is 0. The fraction of sp³-hybridized carbons (Fsp3) is 0.304. The minimum Gasteiger partial charge on any atom is -0.338 e. The lowest BCUT2D eigenvalue weighted by molar-refractivity contribution is -0.136. The normalized spacial score (nSPS) is 15.6. The SMILES string of the molecule is CC(C(=O)N1CCN(Cc2ccccn2)CC1)n1nc(-c2ccc(F)cc2)ccc1=O. The third-order valence-electron chi connectivity index (χ3n) is 5.48. The van der Waals surface area contributed by atoms with Crippen molar-refractivity contribution in [1.29, 1.82) is 0 Å². The number of carbonyl (C=O) groups excluding carboxylic acids is 1. The second kappa shape index (κ2) is 9.18. The van der Waals surface area contributed by atoms with E-state index in [1.165, 1.54) is 22.9 Å². The summed E-state index contributed by atoms with van der Waals surface area (Å²) in [5.74, 6) is -0.480. The van der Waals surface area contributed by atoms with Crippen molar-refractivity contribution in [3.63, 3.8) is 0 Å². The molecule has 0 N–H and O–H groups in total. The number of pyridine rings is 1. The van der Waals surface area contributed by atoms with Crippen molar-refractivity contribution in [2.24, 2.45) is 0 Å². The van der Waals surface area contributed by atoms with Crippen LogP contribution in [0.4, 0.5) is 4.39 Å². The van der Waals surface area contributed by atoms with Gasteiger partial charge in [0, 0.05) is 50.6 Å². The van der Waals surface area contributed by atoms with Crippen molar-refractivity contribution < 1.29 is 9.18 Å². The standard InChI is InChI=1S/C23H24FN5O2/c1-17(29-22(30)10-9-21(26-29)18-5-7-19(24)8-6-18)23(31)28-14-12-27(13-15-28)16-20-4-2-3-11-25-20/h2-11,17H,12-16H2,1H3. The van der Waals surface area contributed by atoms with Crippen LogP contribution in [0.1, 0.15) is 18.7 Å². The van der Waals surface area contributed by atoms with E-state index in [1.54, 1.807) is 36.2 Å². The van der Waals surface area contributed by atoms with Gasteiger partial charge in [-0.1, -0.05) is 6.07 Å². The first kappa shape index (κ1) is 20.9. The van der Waals surface area contributed by atoms with E-state index in [0.29, 0.717) is 24.3 Å². The summed E-state index contributed by atoms with van der Waals surface area (Å²) in [7, 11) is 0. The Morgan fingerprint density at radius 3 is 2.45 bits per heavy atom. The van der Waals surface area contributed by atoms with Crippen molar-refractivity contribution in [2.45, 2.75) is 19.5 Å². The van der Waals surface area contributed by atoms with Crippen LogP contribution in [-0.2, 0) is 11.3 Å².